The maximum absolute atomic E-state index is 12.7. The molecule has 0 heterocycles. The summed E-state index contributed by atoms with van der Waals surface area (Å²) in [6.45, 7) is 4.54. The van der Waals surface area contributed by atoms with Crippen molar-refractivity contribution < 1.29 is 19.4 Å². The summed E-state index contributed by atoms with van der Waals surface area (Å²) in [5.74, 6) is -0.698. The standard InChI is InChI=1S/C41H78O4/c1-3-5-7-9-11-13-15-17-19-21-23-25-30-34-38-41(44)45-39(36-32-28-26-29-33-37-40(42)43)35-31-27-24-22-20-18-16-14-12-10-8-6-4-2/h13,15,39H,3-12,14,16-38H2,1-2H3,(H,42,43)/b15-13-. The second kappa shape index (κ2) is 37.1. The fraction of sp³-hybridized carbons (Fsp3) is 0.902. The predicted octanol–water partition coefficient (Wildman–Crippen LogP) is 13.8. The summed E-state index contributed by atoms with van der Waals surface area (Å²) in [6.07, 6.45) is 45.1. The third kappa shape index (κ3) is 37.0. The highest BCUT2D eigenvalue weighted by molar-refractivity contribution is 5.69. The van der Waals surface area contributed by atoms with Gasteiger partial charge < -0.3 is 9.84 Å². The first-order valence-corrected chi connectivity index (χ1v) is 20.2. The lowest BCUT2D eigenvalue weighted by Gasteiger charge is -2.18. The Hall–Kier alpha value is -1.32. The molecule has 0 aliphatic heterocycles. The zero-order valence-electron chi connectivity index (χ0n) is 30.4. The van der Waals surface area contributed by atoms with Crippen LogP contribution >= 0.6 is 0 Å². The van der Waals surface area contributed by atoms with Crippen molar-refractivity contribution in [3.63, 3.8) is 0 Å². The quantitative estimate of drug-likeness (QED) is 0.0419. The van der Waals surface area contributed by atoms with Gasteiger partial charge in [-0.1, -0.05) is 167 Å². The van der Waals surface area contributed by atoms with Crippen molar-refractivity contribution in [3.05, 3.63) is 12.2 Å². The van der Waals surface area contributed by atoms with E-state index >= 15 is 0 Å². The van der Waals surface area contributed by atoms with E-state index in [1.807, 2.05) is 0 Å². The van der Waals surface area contributed by atoms with Gasteiger partial charge >= 0.3 is 11.9 Å². The molecule has 0 fully saturated rings. The van der Waals surface area contributed by atoms with Gasteiger partial charge in [0.2, 0.25) is 0 Å². The number of carboxylic acids is 1. The van der Waals surface area contributed by atoms with Gasteiger partial charge in [0, 0.05) is 12.8 Å². The first kappa shape index (κ1) is 43.7. The number of carbonyl (C=O) groups is 2. The van der Waals surface area contributed by atoms with E-state index in [0.29, 0.717) is 6.42 Å². The van der Waals surface area contributed by atoms with Crippen LogP contribution in [0.5, 0.6) is 0 Å². The molecule has 0 bridgehead atoms. The molecule has 0 aromatic carbocycles. The minimum Gasteiger partial charge on any atom is -0.481 e. The number of hydrogen-bond donors (Lipinski definition) is 1. The number of carbonyl (C=O) groups excluding carboxylic acids is 1. The predicted molar refractivity (Wildman–Crippen MR) is 195 cm³/mol. The fourth-order valence-electron chi connectivity index (χ4n) is 6.24. The van der Waals surface area contributed by atoms with Crippen LogP contribution < -0.4 is 0 Å². The van der Waals surface area contributed by atoms with Crippen LogP contribution in [-0.4, -0.2) is 23.1 Å². The molecule has 4 nitrogen and oxygen atoms in total. The van der Waals surface area contributed by atoms with Crippen molar-refractivity contribution in [1.29, 1.82) is 0 Å². The molecule has 0 radical (unpaired) electrons. The molecular weight excluding hydrogens is 556 g/mol. The molecule has 0 spiro atoms. The van der Waals surface area contributed by atoms with Gasteiger partial charge in [-0.3, -0.25) is 9.59 Å². The summed E-state index contributed by atoms with van der Waals surface area (Å²) < 4.78 is 6.01. The number of esters is 1. The first-order valence-electron chi connectivity index (χ1n) is 20.2. The number of aliphatic carboxylic acids is 1. The summed E-state index contributed by atoms with van der Waals surface area (Å²) in [6, 6.07) is 0. The Bertz CT molecular complexity index is 643. The van der Waals surface area contributed by atoms with Crippen molar-refractivity contribution in [2.45, 2.75) is 238 Å². The number of hydrogen-bond acceptors (Lipinski definition) is 3. The molecule has 0 rings (SSSR count). The fourth-order valence-corrected chi connectivity index (χ4v) is 6.24. The lowest BCUT2D eigenvalue weighted by molar-refractivity contribution is -0.150. The molecule has 1 unspecified atom stereocenters. The molecule has 0 saturated carbocycles. The van der Waals surface area contributed by atoms with Crippen LogP contribution in [0.1, 0.15) is 232 Å². The highest BCUT2D eigenvalue weighted by Gasteiger charge is 2.14. The van der Waals surface area contributed by atoms with E-state index in [4.69, 9.17) is 9.84 Å². The highest BCUT2D eigenvalue weighted by atomic mass is 16.5. The lowest BCUT2D eigenvalue weighted by Crippen LogP contribution is -2.18. The molecule has 0 saturated heterocycles. The summed E-state index contributed by atoms with van der Waals surface area (Å²) in [4.78, 5) is 23.4. The van der Waals surface area contributed by atoms with E-state index in [-0.39, 0.29) is 18.5 Å². The molecule has 0 aliphatic rings. The number of ether oxygens (including phenoxy) is 1. The second-order valence-electron chi connectivity index (χ2n) is 13.8. The molecule has 1 atom stereocenters. The zero-order valence-corrected chi connectivity index (χ0v) is 30.4. The van der Waals surface area contributed by atoms with Crippen LogP contribution in [0.15, 0.2) is 12.2 Å². The average molecular weight is 635 g/mol. The SMILES string of the molecule is CCCCCC/C=C\CCCCCCCCC(=O)OC(CCCCCCCCCCCCCCC)CCCCCCCC(=O)O. The summed E-state index contributed by atoms with van der Waals surface area (Å²) >= 11 is 0. The summed E-state index contributed by atoms with van der Waals surface area (Å²) in [5, 5.41) is 8.82. The number of unbranched alkanes of at least 4 members (excludes halogenated alkanes) is 26. The van der Waals surface area contributed by atoms with Crippen molar-refractivity contribution in [2.24, 2.45) is 0 Å². The van der Waals surface area contributed by atoms with Crippen molar-refractivity contribution in [2.75, 3.05) is 0 Å². The Morgan fingerprint density at radius 2 is 0.800 bits per heavy atom. The van der Waals surface area contributed by atoms with Crippen LogP contribution in [0.4, 0.5) is 0 Å². The number of allylic oxidation sites excluding steroid dienone is 2. The van der Waals surface area contributed by atoms with Gasteiger partial charge in [0.25, 0.3) is 0 Å². The van der Waals surface area contributed by atoms with Crippen LogP contribution in [-0.2, 0) is 14.3 Å². The molecule has 0 amide bonds. The van der Waals surface area contributed by atoms with Gasteiger partial charge in [0.15, 0.2) is 0 Å². The topological polar surface area (TPSA) is 63.6 Å². The van der Waals surface area contributed by atoms with Gasteiger partial charge in [-0.2, -0.15) is 0 Å². The summed E-state index contributed by atoms with van der Waals surface area (Å²) in [5.41, 5.74) is 0. The smallest absolute Gasteiger partial charge is 0.306 e. The molecular formula is C41H78O4. The van der Waals surface area contributed by atoms with E-state index in [1.165, 1.54) is 141 Å². The van der Waals surface area contributed by atoms with E-state index in [0.717, 1.165) is 64.2 Å². The van der Waals surface area contributed by atoms with Gasteiger partial charge in [-0.25, -0.2) is 0 Å². The van der Waals surface area contributed by atoms with E-state index < -0.39 is 5.97 Å². The molecule has 0 aromatic heterocycles. The maximum Gasteiger partial charge on any atom is 0.306 e. The second-order valence-corrected chi connectivity index (χ2v) is 13.8. The molecule has 0 aromatic rings. The third-order valence-electron chi connectivity index (χ3n) is 9.24. The van der Waals surface area contributed by atoms with Crippen molar-refractivity contribution in [3.8, 4) is 0 Å². The van der Waals surface area contributed by atoms with Gasteiger partial charge in [0.1, 0.15) is 6.10 Å². The zero-order chi connectivity index (χ0) is 32.9. The Kier molecular flexibility index (Phi) is 36.1. The highest BCUT2D eigenvalue weighted by Crippen LogP contribution is 2.19. The number of rotatable bonds is 37. The normalized spacial score (nSPS) is 12.2. The molecule has 1 N–H and O–H groups in total. The average Bonchev–Trinajstić information content (AvgIpc) is 3.02. The van der Waals surface area contributed by atoms with Crippen LogP contribution in [0.25, 0.3) is 0 Å². The van der Waals surface area contributed by atoms with Gasteiger partial charge in [-0.05, 0) is 64.2 Å². The van der Waals surface area contributed by atoms with Crippen LogP contribution in [0.2, 0.25) is 0 Å². The Morgan fingerprint density at radius 1 is 0.467 bits per heavy atom. The Balaban J connectivity index is 4.02. The maximum atomic E-state index is 12.7. The molecule has 45 heavy (non-hydrogen) atoms. The lowest BCUT2D eigenvalue weighted by atomic mass is 10.0. The van der Waals surface area contributed by atoms with Crippen molar-refractivity contribution >= 4 is 11.9 Å². The first-order chi connectivity index (χ1) is 22.1. The minimum absolute atomic E-state index is 0.000209. The van der Waals surface area contributed by atoms with Crippen molar-refractivity contribution in [1.82, 2.24) is 0 Å². The number of carboxylic acid groups (broad SMARTS) is 1. The largest absolute Gasteiger partial charge is 0.481 e. The van der Waals surface area contributed by atoms with E-state index in [9.17, 15) is 9.59 Å². The van der Waals surface area contributed by atoms with Crippen LogP contribution in [0, 0.1) is 0 Å². The molecule has 4 heteroatoms. The molecule has 0 aliphatic carbocycles. The third-order valence-corrected chi connectivity index (χ3v) is 9.24. The van der Waals surface area contributed by atoms with Gasteiger partial charge in [0.05, 0.1) is 0 Å². The molecule has 266 valence electrons. The van der Waals surface area contributed by atoms with Gasteiger partial charge in [-0.15, -0.1) is 0 Å². The van der Waals surface area contributed by atoms with E-state index in [2.05, 4.69) is 26.0 Å². The van der Waals surface area contributed by atoms with Crippen LogP contribution in [0.3, 0.4) is 0 Å². The minimum atomic E-state index is -0.698. The summed E-state index contributed by atoms with van der Waals surface area (Å²) in [7, 11) is 0. The Labute approximate surface area is 281 Å². The monoisotopic (exact) mass is 635 g/mol. The van der Waals surface area contributed by atoms with E-state index in [1.54, 1.807) is 0 Å². The Morgan fingerprint density at radius 3 is 1.22 bits per heavy atom.